The van der Waals surface area contributed by atoms with Crippen molar-refractivity contribution in [3.8, 4) is 0 Å². The van der Waals surface area contributed by atoms with Gasteiger partial charge in [0.25, 0.3) is 0 Å². The van der Waals surface area contributed by atoms with Crippen molar-refractivity contribution in [3.63, 3.8) is 0 Å². The molecule has 23 heavy (non-hydrogen) atoms. The number of benzene rings is 1. The van der Waals surface area contributed by atoms with Crippen molar-refractivity contribution < 1.29 is 9.13 Å². The Morgan fingerprint density at radius 2 is 2.26 bits per heavy atom. The molecule has 0 amide bonds. The molecule has 0 saturated carbocycles. The maximum Gasteiger partial charge on any atom is 0.191 e. The molecular weight excluding hydrogens is 432 g/mol. The van der Waals surface area contributed by atoms with E-state index in [1.54, 1.807) is 12.1 Å². The highest BCUT2D eigenvalue weighted by atomic mass is 127. The normalized spacial score (nSPS) is 17.7. The number of nitrogens with one attached hydrogen (secondary N) is 2. The SMILES string of the molecule is CCNC(=NCC1CCCO1)NCCc1c(F)cccc1Cl.I. The third-order valence-corrected chi connectivity index (χ3v) is 3.90. The molecule has 1 atom stereocenters. The van der Waals surface area contributed by atoms with Crippen LogP contribution in [0.5, 0.6) is 0 Å². The Kier molecular flexibility index (Phi) is 9.81. The van der Waals surface area contributed by atoms with E-state index in [1.807, 2.05) is 6.92 Å². The predicted molar refractivity (Wildman–Crippen MR) is 103 cm³/mol. The number of rotatable bonds is 6. The zero-order valence-corrected chi connectivity index (χ0v) is 16.4. The van der Waals surface area contributed by atoms with Gasteiger partial charge < -0.3 is 15.4 Å². The Morgan fingerprint density at radius 3 is 2.91 bits per heavy atom. The first kappa shape index (κ1) is 20.4. The average molecular weight is 456 g/mol. The van der Waals surface area contributed by atoms with E-state index in [0.717, 1.165) is 32.0 Å². The standard InChI is InChI=1S/C16H23ClFN3O.HI/c1-2-19-16(21-11-12-5-4-10-22-12)20-9-8-13-14(17)6-3-7-15(13)18;/h3,6-7,12H,2,4-5,8-11H2,1H3,(H2,19,20,21);1H. The summed E-state index contributed by atoms with van der Waals surface area (Å²) in [5.74, 6) is 0.459. The number of hydrogen-bond donors (Lipinski definition) is 2. The van der Waals surface area contributed by atoms with Gasteiger partial charge in [0.15, 0.2) is 5.96 Å². The van der Waals surface area contributed by atoms with E-state index >= 15 is 0 Å². The summed E-state index contributed by atoms with van der Waals surface area (Å²) >= 11 is 6.02. The fourth-order valence-electron chi connectivity index (χ4n) is 2.40. The number of hydrogen-bond acceptors (Lipinski definition) is 2. The van der Waals surface area contributed by atoms with Gasteiger partial charge in [-0.1, -0.05) is 17.7 Å². The lowest BCUT2D eigenvalue weighted by Gasteiger charge is -2.13. The number of aliphatic imine (C=N–C) groups is 1. The lowest BCUT2D eigenvalue weighted by molar-refractivity contribution is 0.117. The van der Waals surface area contributed by atoms with Crippen LogP contribution in [0.3, 0.4) is 0 Å². The average Bonchev–Trinajstić information content (AvgIpc) is 3.01. The minimum atomic E-state index is -0.268. The van der Waals surface area contributed by atoms with Gasteiger partial charge in [0.1, 0.15) is 5.82 Å². The van der Waals surface area contributed by atoms with Crippen molar-refractivity contribution in [2.75, 3.05) is 26.2 Å². The monoisotopic (exact) mass is 455 g/mol. The Bertz CT molecular complexity index is 490. The van der Waals surface area contributed by atoms with E-state index in [2.05, 4.69) is 15.6 Å². The van der Waals surface area contributed by atoms with Crippen LogP contribution in [-0.4, -0.2) is 38.3 Å². The third-order valence-electron chi connectivity index (χ3n) is 3.55. The van der Waals surface area contributed by atoms with E-state index in [0.29, 0.717) is 30.1 Å². The second kappa shape index (κ2) is 11.0. The number of halogens is 3. The highest BCUT2D eigenvalue weighted by molar-refractivity contribution is 14.0. The molecule has 1 aromatic carbocycles. The summed E-state index contributed by atoms with van der Waals surface area (Å²) in [5, 5.41) is 6.85. The van der Waals surface area contributed by atoms with Crippen molar-refractivity contribution in [2.45, 2.75) is 32.3 Å². The summed E-state index contributed by atoms with van der Waals surface area (Å²) < 4.78 is 19.3. The maximum absolute atomic E-state index is 13.7. The van der Waals surface area contributed by atoms with Crippen LogP contribution < -0.4 is 10.6 Å². The van der Waals surface area contributed by atoms with Crippen LogP contribution in [0.2, 0.25) is 5.02 Å². The van der Waals surface area contributed by atoms with Crippen LogP contribution in [0.15, 0.2) is 23.2 Å². The van der Waals surface area contributed by atoms with Crippen LogP contribution in [0.1, 0.15) is 25.3 Å². The first-order chi connectivity index (χ1) is 10.7. The molecule has 2 N–H and O–H groups in total. The molecule has 0 aliphatic carbocycles. The van der Waals surface area contributed by atoms with Crippen molar-refractivity contribution >= 4 is 41.5 Å². The van der Waals surface area contributed by atoms with Gasteiger partial charge in [-0.25, -0.2) is 4.39 Å². The van der Waals surface area contributed by atoms with Gasteiger partial charge in [-0.15, -0.1) is 24.0 Å². The summed E-state index contributed by atoms with van der Waals surface area (Å²) in [6, 6.07) is 4.75. The highest BCUT2D eigenvalue weighted by Gasteiger charge is 2.15. The largest absolute Gasteiger partial charge is 0.376 e. The minimum Gasteiger partial charge on any atom is -0.376 e. The molecule has 1 saturated heterocycles. The first-order valence-electron chi connectivity index (χ1n) is 7.77. The molecule has 7 heteroatoms. The fourth-order valence-corrected chi connectivity index (χ4v) is 2.66. The van der Waals surface area contributed by atoms with Gasteiger partial charge in [-0.3, -0.25) is 4.99 Å². The summed E-state index contributed by atoms with van der Waals surface area (Å²) in [7, 11) is 0. The Balaban J connectivity index is 0.00000264. The van der Waals surface area contributed by atoms with Gasteiger partial charge in [0.2, 0.25) is 0 Å². The lowest BCUT2D eigenvalue weighted by atomic mass is 10.1. The number of guanidine groups is 1. The van der Waals surface area contributed by atoms with E-state index in [9.17, 15) is 4.39 Å². The molecule has 0 spiro atoms. The van der Waals surface area contributed by atoms with Crippen LogP contribution >= 0.6 is 35.6 Å². The van der Waals surface area contributed by atoms with Gasteiger partial charge in [-0.05, 0) is 38.3 Å². The summed E-state index contributed by atoms with van der Waals surface area (Å²) in [6.07, 6.45) is 2.90. The zero-order chi connectivity index (χ0) is 15.8. The Morgan fingerprint density at radius 1 is 1.43 bits per heavy atom. The van der Waals surface area contributed by atoms with E-state index < -0.39 is 0 Å². The molecule has 0 aromatic heterocycles. The number of nitrogens with zero attached hydrogens (tertiary/aromatic N) is 1. The molecular formula is C16H24ClFIN3O. The molecule has 130 valence electrons. The summed E-state index contributed by atoms with van der Waals surface area (Å²) in [6.45, 7) is 4.83. The van der Waals surface area contributed by atoms with Gasteiger partial charge in [-0.2, -0.15) is 0 Å². The quantitative estimate of drug-likeness (QED) is 0.393. The molecule has 1 heterocycles. The van der Waals surface area contributed by atoms with Crippen LogP contribution in [0.4, 0.5) is 4.39 Å². The molecule has 1 fully saturated rings. The second-order valence-electron chi connectivity index (χ2n) is 5.23. The molecule has 1 unspecified atom stereocenters. The smallest absolute Gasteiger partial charge is 0.191 e. The van der Waals surface area contributed by atoms with E-state index in [1.165, 1.54) is 6.07 Å². The third kappa shape index (κ3) is 6.81. The lowest BCUT2D eigenvalue weighted by Crippen LogP contribution is -2.39. The highest BCUT2D eigenvalue weighted by Crippen LogP contribution is 2.18. The van der Waals surface area contributed by atoms with Crippen LogP contribution in [0.25, 0.3) is 0 Å². The molecule has 0 radical (unpaired) electrons. The van der Waals surface area contributed by atoms with Gasteiger partial charge in [0.05, 0.1) is 12.6 Å². The van der Waals surface area contributed by atoms with Crippen molar-refractivity contribution in [3.05, 3.63) is 34.6 Å². The molecule has 1 aliphatic rings. The fraction of sp³-hybridized carbons (Fsp3) is 0.562. The molecule has 2 rings (SSSR count). The number of ether oxygens (including phenoxy) is 1. The molecule has 1 aliphatic heterocycles. The van der Waals surface area contributed by atoms with Crippen molar-refractivity contribution in [2.24, 2.45) is 4.99 Å². The van der Waals surface area contributed by atoms with Gasteiger partial charge in [0, 0.05) is 30.3 Å². The zero-order valence-electron chi connectivity index (χ0n) is 13.3. The molecule has 1 aromatic rings. The summed E-state index contributed by atoms with van der Waals surface area (Å²) in [4.78, 5) is 4.51. The molecule has 0 bridgehead atoms. The van der Waals surface area contributed by atoms with Gasteiger partial charge >= 0.3 is 0 Å². The Labute approximate surface area is 159 Å². The van der Waals surface area contributed by atoms with Crippen LogP contribution in [-0.2, 0) is 11.2 Å². The minimum absolute atomic E-state index is 0. The van der Waals surface area contributed by atoms with Crippen LogP contribution in [0, 0.1) is 5.82 Å². The predicted octanol–water partition coefficient (Wildman–Crippen LogP) is 3.37. The molecule has 4 nitrogen and oxygen atoms in total. The second-order valence-corrected chi connectivity index (χ2v) is 5.64. The first-order valence-corrected chi connectivity index (χ1v) is 8.15. The van der Waals surface area contributed by atoms with Crippen molar-refractivity contribution in [1.29, 1.82) is 0 Å². The maximum atomic E-state index is 13.7. The van der Waals surface area contributed by atoms with E-state index in [4.69, 9.17) is 16.3 Å². The Hall–Kier alpha value is -0.600. The topological polar surface area (TPSA) is 45.7 Å². The summed E-state index contributed by atoms with van der Waals surface area (Å²) in [5.41, 5.74) is 0.534. The van der Waals surface area contributed by atoms with E-state index in [-0.39, 0.29) is 35.9 Å². The van der Waals surface area contributed by atoms with Crippen molar-refractivity contribution in [1.82, 2.24) is 10.6 Å².